The van der Waals surface area contributed by atoms with Crippen LogP contribution in [-0.4, -0.2) is 23.7 Å². The first-order valence-corrected chi connectivity index (χ1v) is 6.77. The number of carbonyl (C=O) groups is 1. The van der Waals surface area contributed by atoms with Crippen LogP contribution in [0.2, 0.25) is 5.02 Å². The van der Waals surface area contributed by atoms with E-state index >= 15 is 0 Å². The maximum Gasteiger partial charge on any atom is 0.223 e. The highest BCUT2D eigenvalue weighted by Gasteiger charge is 2.46. The highest BCUT2D eigenvalue weighted by Crippen LogP contribution is 2.50. The van der Waals surface area contributed by atoms with Gasteiger partial charge in [0, 0.05) is 35.1 Å². The summed E-state index contributed by atoms with van der Waals surface area (Å²) >= 11 is 5.99. The van der Waals surface area contributed by atoms with E-state index < -0.39 is 0 Å². The van der Waals surface area contributed by atoms with E-state index in [2.05, 4.69) is 5.32 Å². The summed E-state index contributed by atoms with van der Waals surface area (Å²) in [7, 11) is 0. The first kappa shape index (κ1) is 14.3. The van der Waals surface area contributed by atoms with E-state index in [1.807, 2.05) is 6.92 Å². The molecule has 3 nitrogen and oxygen atoms in total. The lowest BCUT2D eigenvalue weighted by Gasteiger charge is -2.12. The fourth-order valence-electron chi connectivity index (χ4n) is 2.28. The molecular formula is C14H17ClFNO2. The number of rotatable bonds is 5. The van der Waals surface area contributed by atoms with Gasteiger partial charge in [-0.05, 0) is 31.9 Å². The minimum absolute atomic E-state index is 0.0364. The number of amides is 1. The number of halogens is 2. The Bertz CT molecular complexity index is 460. The van der Waals surface area contributed by atoms with E-state index in [4.69, 9.17) is 16.7 Å². The molecule has 0 bridgehead atoms. The molecule has 1 fully saturated rings. The molecule has 3 atom stereocenters. The molecule has 1 aromatic carbocycles. The van der Waals surface area contributed by atoms with Crippen molar-refractivity contribution < 1.29 is 14.3 Å². The second-order valence-electron chi connectivity index (χ2n) is 5.01. The van der Waals surface area contributed by atoms with E-state index in [1.54, 1.807) is 12.1 Å². The van der Waals surface area contributed by atoms with Crippen molar-refractivity contribution >= 4 is 17.5 Å². The summed E-state index contributed by atoms with van der Waals surface area (Å²) in [6, 6.07) is 4.49. The first-order chi connectivity index (χ1) is 9.04. The molecule has 19 heavy (non-hydrogen) atoms. The van der Waals surface area contributed by atoms with Crippen LogP contribution in [-0.2, 0) is 4.79 Å². The van der Waals surface area contributed by atoms with Crippen LogP contribution in [0.15, 0.2) is 18.2 Å². The van der Waals surface area contributed by atoms with Gasteiger partial charge in [0.05, 0.1) is 0 Å². The molecule has 3 unspecified atom stereocenters. The molecule has 2 N–H and O–H groups in total. The Morgan fingerprint density at radius 3 is 3.00 bits per heavy atom. The molecule has 0 saturated heterocycles. The van der Waals surface area contributed by atoms with Crippen molar-refractivity contribution in [3.05, 3.63) is 34.6 Å². The van der Waals surface area contributed by atoms with E-state index in [-0.39, 0.29) is 36.2 Å². The molecule has 0 aromatic heterocycles. The summed E-state index contributed by atoms with van der Waals surface area (Å²) in [5, 5.41) is 12.0. The van der Waals surface area contributed by atoms with Crippen LogP contribution in [0.3, 0.4) is 0 Å². The van der Waals surface area contributed by atoms with Crippen molar-refractivity contribution in [1.82, 2.24) is 5.32 Å². The van der Waals surface area contributed by atoms with Crippen molar-refractivity contribution in [3.63, 3.8) is 0 Å². The topological polar surface area (TPSA) is 49.3 Å². The minimum atomic E-state index is -0.351. The monoisotopic (exact) mass is 285 g/mol. The van der Waals surface area contributed by atoms with Gasteiger partial charge in [0.2, 0.25) is 5.91 Å². The average molecular weight is 286 g/mol. The molecule has 0 spiro atoms. The van der Waals surface area contributed by atoms with Gasteiger partial charge in [-0.15, -0.1) is 0 Å². The standard InChI is InChI=1S/C14H17ClFNO2/c1-8(5-6-18)17-14(19)10-7-9(10)13-11(15)3-2-4-12(13)16/h2-4,8-10,18H,5-7H2,1H3,(H,17,19). The number of benzene rings is 1. The zero-order chi connectivity index (χ0) is 14.0. The molecule has 5 heteroatoms. The molecule has 104 valence electrons. The van der Waals surface area contributed by atoms with Gasteiger partial charge in [0.25, 0.3) is 0 Å². The van der Waals surface area contributed by atoms with Gasteiger partial charge in [-0.2, -0.15) is 0 Å². The van der Waals surface area contributed by atoms with Crippen LogP contribution in [0, 0.1) is 11.7 Å². The van der Waals surface area contributed by atoms with Crippen LogP contribution < -0.4 is 5.32 Å². The second-order valence-corrected chi connectivity index (χ2v) is 5.41. The zero-order valence-electron chi connectivity index (χ0n) is 10.7. The van der Waals surface area contributed by atoms with Gasteiger partial charge in [-0.25, -0.2) is 4.39 Å². The summed E-state index contributed by atoms with van der Waals surface area (Å²) in [4.78, 5) is 11.9. The van der Waals surface area contributed by atoms with Crippen molar-refractivity contribution in [2.75, 3.05) is 6.61 Å². The van der Waals surface area contributed by atoms with Gasteiger partial charge in [-0.3, -0.25) is 4.79 Å². The lowest BCUT2D eigenvalue weighted by molar-refractivity contribution is -0.123. The van der Waals surface area contributed by atoms with Gasteiger partial charge in [0.15, 0.2) is 0 Å². The minimum Gasteiger partial charge on any atom is -0.396 e. The number of nitrogens with one attached hydrogen (secondary N) is 1. The third kappa shape index (κ3) is 3.25. The van der Waals surface area contributed by atoms with Crippen LogP contribution in [0.5, 0.6) is 0 Å². The molecule has 0 heterocycles. The number of aliphatic hydroxyl groups is 1. The van der Waals surface area contributed by atoms with Gasteiger partial charge in [-0.1, -0.05) is 17.7 Å². The Balaban J connectivity index is 1.99. The average Bonchev–Trinajstić information content (AvgIpc) is 3.09. The van der Waals surface area contributed by atoms with Gasteiger partial charge >= 0.3 is 0 Å². The third-order valence-corrected chi connectivity index (χ3v) is 3.78. The largest absolute Gasteiger partial charge is 0.396 e. The van der Waals surface area contributed by atoms with E-state index in [9.17, 15) is 9.18 Å². The molecule has 0 radical (unpaired) electrons. The fourth-order valence-corrected chi connectivity index (χ4v) is 2.59. The van der Waals surface area contributed by atoms with E-state index in [0.717, 1.165) is 0 Å². The summed E-state index contributed by atoms with van der Waals surface area (Å²) in [6.45, 7) is 1.87. The zero-order valence-corrected chi connectivity index (χ0v) is 11.5. The van der Waals surface area contributed by atoms with Crippen molar-refractivity contribution in [1.29, 1.82) is 0 Å². The van der Waals surface area contributed by atoms with Gasteiger partial charge in [0.1, 0.15) is 5.82 Å². The molecule has 1 saturated carbocycles. The Kier molecular flexibility index (Phi) is 4.42. The van der Waals surface area contributed by atoms with E-state index in [0.29, 0.717) is 23.4 Å². The number of aliphatic hydroxyl groups excluding tert-OH is 1. The maximum atomic E-state index is 13.7. The lowest BCUT2D eigenvalue weighted by atomic mass is 10.1. The highest BCUT2D eigenvalue weighted by atomic mass is 35.5. The second kappa shape index (κ2) is 5.88. The highest BCUT2D eigenvalue weighted by molar-refractivity contribution is 6.31. The Morgan fingerprint density at radius 2 is 2.37 bits per heavy atom. The van der Waals surface area contributed by atoms with Crippen molar-refractivity contribution in [2.24, 2.45) is 5.92 Å². The van der Waals surface area contributed by atoms with Crippen molar-refractivity contribution in [2.45, 2.75) is 31.7 Å². The fraction of sp³-hybridized carbons (Fsp3) is 0.500. The van der Waals surface area contributed by atoms with E-state index in [1.165, 1.54) is 6.07 Å². The molecular weight excluding hydrogens is 269 g/mol. The van der Waals surface area contributed by atoms with Crippen LogP contribution >= 0.6 is 11.6 Å². The maximum absolute atomic E-state index is 13.7. The summed E-state index contributed by atoms with van der Waals surface area (Å²) in [6.07, 6.45) is 1.14. The Morgan fingerprint density at radius 1 is 1.63 bits per heavy atom. The Hall–Kier alpha value is -1.13. The third-order valence-electron chi connectivity index (χ3n) is 3.45. The predicted molar refractivity (Wildman–Crippen MR) is 71.6 cm³/mol. The first-order valence-electron chi connectivity index (χ1n) is 6.39. The van der Waals surface area contributed by atoms with Crippen LogP contribution in [0.4, 0.5) is 4.39 Å². The normalized spacial score (nSPS) is 22.9. The quantitative estimate of drug-likeness (QED) is 0.873. The molecule has 1 amide bonds. The molecule has 0 aliphatic heterocycles. The lowest BCUT2D eigenvalue weighted by Crippen LogP contribution is -2.34. The molecule has 1 aliphatic carbocycles. The molecule has 2 rings (SSSR count). The summed E-state index contributed by atoms with van der Waals surface area (Å²) < 4.78 is 13.7. The molecule has 1 aromatic rings. The number of hydrogen-bond donors (Lipinski definition) is 2. The molecule has 1 aliphatic rings. The van der Waals surface area contributed by atoms with Crippen LogP contribution in [0.25, 0.3) is 0 Å². The van der Waals surface area contributed by atoms with Crippen LogP contribution in [0.1, 0.15) is 31.2 Å². The summed E-state index contributed by atoms with van der Waals surface area (Å²) in [5.74, 6) is -0.785. The Labute approximate surface area is 116 Å². The smallest absolute Gasteiger partial charge is 0.223 e. The summed E-state index contributed by atoms with van der Waals surface area (Å²) in [5.41, 5.74) is 0.444. The number of carbonyl (C=O) groups excluding carboxylic acids is 1. The SMILES string of the molecule is CC(CCO)NC(=O)C1CC1c1c(F)cccc1Cl. The van der Waals surface area contributed by atoms with Crippen molar-refractivity contribution in [3.8, 4) is 0 Å². The van der Waals surface area contributed by atoms with Gasteiger partial charge < -0.3 is 10.4 Å². The number of hydrogen-bond acceptors (Lipinski definition) is 2. The predicted octanol–water partition coefficient (Wildman–Crippen LogP) is 2.47.